The standard InChI is InChI=1S/C18H23N3O4S/c1-12-15(10-18(22)19-16-6-4-5-7-17(16)25-3)13(2)21(20-12)14-8-9-26(23,24)11-14/h4-7,14H,8-11H2,1-3H3,(H,19,22). The van der Waals surface area contributed by atoms with Gasteiger partial charge in [-0.2, -0.15) is 5.10 Å². The van der Waals surface area contributed by atoms with Gasteiger partial charge in [-0.05, 0) is 32.4 Å². The van der Waals surface area contributed by atoms with Gasteiger partial charge < -0.3 is 10.1 Å². The molecule has 2 aromatic rings. The van der Waals surface area contributed by atoms with Gasteiger partial charge in [0, 0.05) is 11.3 Å². The number of methoxy groups -OCH3 is 1. The largest absolute Gasteiger partial charge is 0.495 e. The number of aromatic nitrogens is 2. The molecule has 0 radical (unpaired) electrons. The van der Waals surface area contributed by atoms with Crippen molar-refractivity contribution in [1.82, 2.24) is 9.78 Å². The number of hydrogen-bond acceptors (Lipinski definition) is 5. The Morgan fingerprint density at radius 2 is 2.08 bits per heavy atom. The molecule has 1 aliphatic rings. The van der Waals surface area contributed by atoms with Crippen molar-refractivity contribution in [3.05, 3.63) is 41.2 Å². The average Bonchev–Trinajstić information content (AvgIpc) is 3.09. The van der Waals surface area contributed by atoms with E-state index in [-0.39, 0.29) is 29.9 Å². The molecule has 0 aliphatic carbocycles. The summed E-state index contributed by atoms with van der Waals surface area (Å²) >= 11 is 0. The minimum atomic E-state index is -2.99. The lowest BCUT2D eigenvalue weighted by Gasteiger charge is -2.12. The number of rotatable bonds is 5. The summed E-state index contributed by atoms with van der Waals surface area (Å²) in [5.41, 5.74) is 3.05. The molecule has 1 unspecified atom stereocenters. The fourth-order valence-corrected chi connectivity index (χ4v) is 5.07. The zero-order chi connectivity index (χ0) is 18.9. The second-order valence-electron chi connectivity index (χ2n) is 6.58. The molecule has 1 aromatic carbocycles. The lowest BCUT2D eigenvalue weighted by atomic mass is 10.1. The maximum absolute atomic E-state index is 12.5. The molecule has 8 heteroatoms. The maximum Gasteiger partial charge on any atom is 0.229 e. The summed E-state index contributed by atoms with van der Waals surface area (Å²) in [4.78, 5) is 12.5. The Kier molecular flexibility index (Phi) is 5.04. The molecule has 0 saturated carbocycles. The Bertz CT molecular complexity index is 934. The Hall–Kier alpha value is -2.35. The summed E-state index contributed by atoms with van der Waals surface area (Å²) in [7, 11) is -1.43. The molecule has 1 aliphatic heterocycles. The monoisotopic (exact) mass is 377 g/mol. The van der Waals surface area contributed by atoms with Crippen LogP contribution in [0.3, 0.4) is 0 Å². The Balaban J connectivity index is 1.77. The number of nitrogens with zero attached hydrogens (tertiary/aromatic N) is 2. The SMILES string of the molecule is COc1ccccc1NC(=O)Cc1c(C)nn(C2CCS(=O)(=O)C2)c1C. The van der Waals surface area contributed by atoms with Gasteiger partial charge in [-0.1, -0.05) is 12.1 Å². The second-order valence-corrected chi connectivity index (χ2v) is 8.80. The molecule has 1 aromatic heterocycles. The number of nitrogens with one attached hydrogen (secondary N) is 1. The molecule has 3 rings (SSSR count). The number of carbonyl (C=O) groups excluding carboxylic acids is 1. The van der Waals surface area contributed by atoms with Gasteiger partial charge in [-0.15, -0.1) is 0 Å². The van der Waals surface area contributed by atoms with Crippen molar-refractivity contribution in [3.63, 3.8) is 0 Å². The van der Waals surface area contributed by atoms with Crippen molar-refractivity contribution >= 4 is 21.4 Å². The molecule has 140 valence electrons. The van der Waals surface area contributed by atoms with Crippen molar-refractivity contribution in [2.24, 2.45) is 0 Å². The van der Waals surface area contributed by atoms with E-state index in [0.29, 0.717) is 17.9 Å². The summed E-state index contributed by atoms with van der Waals surface area (Å²) in [6.07, 6.45) is 0.742. The van der Waals surface area contributed by atoms with E-state index in [4.69, 9.17) is 4.74 Å². The normalized spacial score (nSPS) is 18.7. The molecule has 26 heavy (non-hydrogen) atoms. The third kappa shape index (κ3) is 3.75. The van der Waals surface area contributed by atoms with Crippen molar-refractivity contribution in [3.8, 4) is 5.75 Å². The van der Waals surface area contributed by atoms with E-state index in [0.717, 1.165) is 17.0 Å². The lowest BCUT2D eigenvalue weighted by molar-refractivity contribution is -0.115. The molecule has 1 saturated heterocycles. The molecule has 1 N–H and O–H groups in total. The fraction of sp³-hybridized carbons (Fsp3) is 0.444. The number of carbonyl (C=O) groups is 1. The van der Waals surface area contributed by atoms with Gasteiger partial charge in [0.25, 0.3) is 0 Å². The van der Waals surface area contributed by atoms with Crippen LogP contribution in [-0.4, -0.2) is 42.7 Å². The van der Waals surface area contributed by atoms with Gasteiger partial charge in [-0.3, -0.25) is 9.48 Å². The van der Waals surface area contributed by atoms with Crippen molar-refractivity contribution < 1.29 is 17.9 Å². The van der Waals surface area contributed by atoms with Gasteiger partial charge in [0.15, 0.2) is 9.84 Å². The van der Waals surface area contributed by atoms with E-state index in [2.05, 4.69) is 10.4 Å². The van der Waals surface area contributed by atoms with Crippen molar-refractivity contribution in [2.45, 2.75) is 32.7 Å². The zero-order valence-electron chi connectivity index (χ0n) is 15.2. The first-order chi connectivity index (χ1) is 12.3. The van der Waals surface area contributed by atoms with E-state index < -0.39 is 9.84 Å². The Morgan fingerprint density at radius 3 is 2.73 bits per heavy atom. The topological polar surface area (TPSA) is 90.3 Å². The molecular weight excluding hydrogens is 354 g/mol. The number of sulfone groups is 1. The molecule has 0 bridgehead atoms. The predicted octanol–water partition coefficient (Wildman–Crippen LogP) is 2.05. The predicted molar refractivity (Wildman–Crippen MR) is 99.3 cm³/mol. The number of para-hydroxylation sites is 2. The van der Waals surface area contributed by atoms with Crippen LogP contribution in [0.25, 0.3) is 0 Å². The number of amides is 1. The minimum Gasteiger partial charge on any atom is -0.495 e. The lowest BCUT2D eigenvalue weighted by Crippen LogP contribution is -2.17. The van der Waals surface area contributed by atoms with Crippen LogP contribution in [0.5, 0.6) is 5.75 Å². The summed E-state index contributed by atoms with van der Waals surface area (Å²) in [6.45, 7) is 3.73. The summed E-state index contributed by atoms with van der Waals surface area (Å²) in [5.74, 6) is 0.738. The van der Waals surface area contributed by atoms with Crippen LogP contribution < -0.4 is 10.1 Å². The van der Waals surface area contributed by atoms with E-state index in [1.54, 1.807) is 23.9 Å². The van der Waals surface area contributed by atoms with Gasteiger partial charge in [-0.25, -0.2) is 8.42 Å². The van der Waals surface area contributed by atoms with Crippen LogP contribution in [0.15, 0.2) is 24.3 Å². The van der Waals surface area contributed by atoms with Gasteiger partial charge in [0.05, 0.1) is 42.5 Å². The third-order valence-electron chi connectivity index (χ3n) is 4.75. The van der Waals surface area contributed by atoms with Crippen LogP contribution in [0.2, 0.25) is 0 Å². The molecular formula is C18H23N3O4S. The fourth-order valence-electron chi connectivity index (χ4n) is 3.38. The average molecular weight is 377 g/mol. The van der Waals surface area contributed by atoms with Crippen LogP contribution in [0.1, 0.15) is 29.4 Å². The zero-order valence-corrected chi connectivity index (χ0v) is 16.0. The molecule has 7 nitrogen and oxygen atoms in total. The molecule has 1 atom stereocenters. The number of aryl methyl sites for hydroxylation is 1. The first-order valence-corrected chi connectivity index (χ1v) is 10.3. The van der Waals surface area contributed by atoms with Crippen LogP contribution in [0, 0.1) is 13.8 Å². The molecule has 2 heterocycles. The number of benzene rings is 1. The highest BCUT2D eigenvalue weighted by molar-refractivity contribution is 7.91. The Morgan fingerprint density at radius 1 is 1.35 bits per heavy atom. The first kappa shape index (κ1) is 18.4. The highest BCUT2D eigenvalue weighted by atomic mass is 32.2. The molecule has 1 amide bonds. The minimum absolute atomic E-state index is 0.113. The van der Waals surface area contributed by atoms with Gasteiger partial charge in [0.1, 0.15) is 5.75 Å². The number of anilines is 1. The Labute approximate surface area is 153 Å². The second kappa shape index (κ2) is 7.11. The van der Waals surface area contributed by atoms with Crippen LogP contribution >= 0.6 is 0 Å². The van der Waals surface area contributed by atoms with Crippen LogP contribution in [0.4, 0.5) is 5.69 Å². The maximum atomic E-state index is 12.5. The third-order valence-corrected chi connectivity index (χ3v) is 6.50. The van der Waals surface area contributed by atoms with E-state index in [9.17, 15) is 13.2 Å². The van der Waals surface area contributed by atoms with Crippen molar-refractivity contribution in [1.29, 1.82) is 0 Å². The summed E-state index contributed by atoms with van der Waals surface area (Å²) < 4.78 is 30.5. The van der Waals surface area contributed by atoms with Crippen molar-refractivity contribution in [2.75, 3.05) is 23.9 Å². The van der Waals surface area contributed by atoms with Gasteiger partial charge >= 0.3 is 0 Å². The van der Waals surface area contributed by atoms with Gasteiger partial charge in [0.2, 0.25) is 5.91 Å². The summed E-state index contributed by atoms with van der Waals surface area (Å²) in [6, 6.07) is 7.08. The summed E-state index contributed by atoms with van der Waals surface area (Å²) in [5, 5.41) is 7.36. The van der Waals surface area contributed by atoms with E-state index in [1.165, 1.54) is 0 Å². The number of hydrogen-bond donors (Lipinski definition) is 1. The quantitative estimate of drug-likeness (QED) is 0.861. The highest BCUT2D eigenvalue weighted by Crippen LogP contribution is 2.28. The highest BCUT2D eigenvalue weighted by Gasteiger charge is 2.31. The first-order valence-electron chi connectivity index (χ1n) is 8.48. The smallest absolute Gasteiger partial charge is 0.229 e. The van der Waals surface area contributed by atoms with Crippen LogP contribution in [-0.2, 0) is 21.1 Å². The van der Waals surface area contributed by atoms with E-state index >= 15 is 0 Å². The molecule has 0 spiro atoms. The van der Waals surface area contributed by atoms with E-state index in [1.807, 2.05) is 26.0 Å². The number of ether oxygens (including phenoxy) is 1. The molecule has 1 fully saturated rings.